The summed E-state index contributed by atoms with van der Waals surface area (Å²) < 4.78 is 18.4. The van der Waals surface area contributed by atoms with E-state index >= 15 is 0 Å². The minimum atomic E-state index is -0.347. The third-order valence-electron chi connectivity index (χ3n) is 3.70. The molecule has 0 radical (unpaired) electrons. The number of carbonyl (C=O) groups excluding carboxylic acids is 2. The first-order valence-corrected chi connectivity index (χ1v) is 8.74. The highest BCUT2D eigenvalue weighted by Gasteiger charge is 2.02. The largest absolute Gasteiger partial charge is 0.439 e. The van der Waals surface area contributed by atoms with Crippen LogP contribution in [0.4, 0.5) is 15.8 Å². The highest BCUT2D eigenvalue weighted by atomic mass is 19.1. The molecule has 1 heterocycles. The van der Waals surface area contributed by atoms with Gasteiger partial charge in [0.1, 0.15) is 11.6 Å². The number of amides is 2. The quantitative estimate of drug-likeness (QED) is 0.601. The van der Waals surface area contributed by atoms with Gasteiger partial charge in [-0.05, 0) is 54.1 Å². The van der Waals surface area contributed by atoms with Crippen LogP contribution in [0.1, 0.15) is 12.5 Å². The van der Waals surface area contributed by atoms with E-state index in [9.17, 15) is 14.0 Å². The van der Waals surface area contributed by atoms with Crippen LogP contribution in [0.15, 0.2) is 72.9 Å². The summed E-state index contributed by atoms with van der Waals surface area (Å²) in [5.74, 6) is -0.0204. The Morgan fingerprint density at radius 2 is 1.62 bits per heavy atom. The van der Waals surface area contributed by atoms with E-state index in [0.29, 0.717) is 23.0 Å². The maximum atomic E-state index is 12.9. The van der Waals surface area contributed by atoms with Gasteiger partial charge >= 0.3 is 0 Å². The average molecular weight is 391 g/mol. The number of rotatable bonds is 6. The molecule has 0 saturated heterocycles. The summed E-state index contributed by atoms with van der Waals surface area (Å²) in [6.45, 7) is 1.44. The molecule has 146 valence electrons. The van der Waals surface area contributed by atoms with Gasteiger partial charge in [-0.3, -0.25) is 9.59 Å². The van der Waals surface area contributed by atoms with Crippen molar-refractivity contribution in [2.24, 2.45) is 0 Å². The van der Waals surface area contributed by atoms with E-state index in [1.54, 1.807) is 42.5 Å². The van der Waals surface area contributed by atoms with Crippen molar-refractivity contribution in [2.45, 2.75) is 6.92 Å². The molecule has 29 heavy (non-hydrogen) atoms. The van der Waals surface area contributed by atoms with Gasteiger partial charge in [-0.2, -0.15) is 0 Å². The predicted molar refractivity (Wildman–Crippen MR) is 109 cm³/mol. The topological polar surface area (TPSA) is 80.3 Å². The Balaban J connectivity index is 1.54. The van der Waals surface area contributed by atoms with E-state index in [2.05, 4.69) is 15.6 Å². The average Bonchev–Trinajstić information content (AvgIpc) is 2.70. The molecule has 2 N–H and O–H groups in total. The van der Waals surface area contributed by atoms with Crippen LogP contribution in [0.3, 0.4) is 0 Å². The first-order chi connectivity index (χ1) is 14.0. The number of anilines is 2. The third-order valence-corrected chi connectivity index (χ3v) is 3.70. The Morgan fingerprint density at radius 3 is 2.24 bits per heavy atom. The fourth-order valence-electron chi connectivity index (χ4n) is 2.37. The second-order valence-corrected chi connectivity index (χ2v) is 6.07. The fraction of sp³-hybridized carbons (Fsp3) is 0.0455. The molecule has 0 fully saturated rings. The van der Waals surface area contributed by atoms with Gasteiger partial charge in [0.15, 0.2) is 0 Å². The van der Waals surface area contributed by atoms with Crippen molar-refractivity contribution >= 4 is 29.3 Å². The number of benzene rings is 2. The zero-order valence-corrected chi connectivity index (χ0v) is 15.6. The van der Waals surface area contributed by atoms with Crippen LogP contribution in [0.2, 0.25) is 0 Å². The van der Waals surface area contributed by atoms with E-state index in [4.69, 9.17) is 4.74 Å². The molecule has 0 bridgehead atoms. The van der Waals surface area contributed by atoms with Gasteiger partial charge in [-0.1, -0.05) is 12.1 Å². The number of nitrogens with one attached hydrogen (secondary N) is 2. The zero-order chi connectivity index (χ0) is 20.6. The van der Waals surface area contributed by atoms with Gasteiger partial charge in [0, 0.05) is 24.8 Å². The summed E-state index contributed by atoms with van der Waals surface area (Å²) in [7, 11) is 0. The molecule has 0 aliphatic rings. The van der Waals surface area contributed by atoms with Gasteiger partial charge in [0.2, 0.25) is 17.7 Å². The van der Waals surface area contributed by atoms with Crippen molar-refractivity contribution in [1.82, 2.24) is 4.98 Å². The van der Waals surface area contributed by atoms with Crippen molar-refractivity contribution in [3.63, 3.8) is 0 Å². The van der Waals surface area contributed by atoms with Crippen molar-refractivity contribution in [3.8, 4) is 11.6 Å². The number of ether oxygens (including phenoxy) is 1. The van der Waals surface area contributed by atoms with E-state index in [-0.39, 0.29) is 17.6 Å². The number of carbonyl (C=O) groups is 2. The molecule has 3 aromatic rings. The molecule has 0 atom stereocenters. The maximum Gasteiger partial charge on any atom is 0.248 e. The molecule has 0 aliphatic carbocycles. The van der Waals surface area contributed by atoms with Gasteiger partial charge in [0.25, 0.3) is 0 Å². The lowest BCUT2D eigenvalue weighted by Crippen LogP contribution is -2.08. The van der Waals surface area contributed by atoms with Crippen LogP contribution in [0.5, 0.6) is 11.6 Å². The highest BCUT2D eigenvalue weighted by Crippen LogP contribution is 2.20. The number of hydrogen-bond donors (Lipinski definition) is 2. The molecular weight excluding hydrogens is 373 g/mol. The Bertz CT molecular complexity index is 1010. The Hall–Kier alpha value is -4.00. The van der Waals surface area contributed by atoms with Crippen LogP contribution < -0.4 is 15.4 Å². The van der Waals surface area contributed by atoms with Gasteiger partial charge < -0.3 is 15.4 Å². The molecule has 0 spiro atoms. The molecule has 7 heteroatoms. The minimum absolute atomic E-state index is 0.143. The van der Waals surface area contributed by atoms with Crippen LogP contribution in [-0.4, -0.2) is 16.8 Å². The summed E-state index contributed by atoms with van der Waals surface area (Å²) in [5, 5.41) is 5.37. The van der Waals surface area contributed by atoms with Gasteiger partial charge in [0.05, 0.1) is 11.9 Å². The molecule has 2 aromatic carbocycles. The number of aromatic nitrogens is 1. The SMILES string of the molecule is CC(=O)Nc1ccc(/C=C/C(=O)Nc2ccc(Oc3ccc(F)cc3)nc2)cc1. The molecule has 6 nitrogen and oxygen atoms in total. The third kappa shape index (κ3) is 6.28. The second-order valence-electron chi connectivity index (χ2n) is 6.07. The van der Waals surface area contributed by atoms with Crippen LogP contribution in [-0.2, 0) is 9.59 Å². The van der Waals surface area contributed by atoms with Crippen molar-refractivity contribution in [1.29, 1.82) is 0 Å². The maximum absolute atomic E-state index is 12.9. The molecular formula is C22H18FN3O3. The zero-order valence-electron chi connectivity index (χ0n) is 15.6. The molecule has 0 aliphatic heterocycles. The lowest BCUT2D eigenvalue weighted by atomic mass is 10.2. The van der Waals surface area contributed by atoms with E-state index < -0.39 is 0 Å². The first-order valence-electron chi connectivity index (χ1n) is 8.74. The smallest absolute Gasteiger partial charge is 0.248 e. The summed E-state index contributed by atoms with van der Waals surface area (Å²) in [4.78, 5) is 27.2. The Labute approximate surface area is 167 Å². The van der Waals surface area contributed by atoms with E-state index in [1.165, 1.54) is 43.5 Å². The first kappa shape index (κ1) is 19.8. The van der Waals surface area contributed by atoms with Crippen molar-refractivity contribution in [2.75, 3.05) is 10.6 Å². The van der Waals surface area contributed by atoms with Gasteiger partial charge in [-0.25, -0.2) is 9.37 Å². The molecule has 2 amide bonds. The second kappa shape index (κ2) is 9.27. The summed E-state index contributed by atoms with van der Waals surface area (Å²) in [6, 6.07) is 15.9. The monoisotopic (exact) mass is 391 g/mol. The lowest BCUT2D eigenvalue weighted by molar-refractivity contribution is -0.114. The minimum Gasteiger partial charge on any atom is -0.439 e. The van der Waals surface area contributed by atoms with E-state index in [0.717, 1.165) is 5.56 Å². The number of nitrogens with zero attached hydrogens (tertiary/aromatic N) is 1. The predicted octanol–water partition coefficient (Wildman–Crippen LogP) is 4.62. The molecule has 1 aromatic heterocycles. The molecule has 3 rings (SSSR count). The lowest BCUT2D eigenvalue weighted by Gasteiger charge is -2.06. The van der Waals surface area contributed by atoms with Crippen molar-refractivity contribution < 1.29 is 18.7 Å². The van der Waals surface area contributed by atoms with Crippen LogP contribution in [0, 0.1) is 5.82 Å². The Morgan fingerprint density at radius 1 is 0.931 bits per heavy atom. The number of halogens is 1. The van der Waals surface area contributed by atoms with Crippen LogP contribution >= 0.6 is 0 Å². The number of pyridine rings is 1. The normalized spacial score (nSPS) is 10.6. The summed E-state index contributed by atoms with van der Waals surface area (Å²) in [6.07, 6.45) is 4.52. The van der Waals surface area contributed by atoms with E-state index in [1.807, 2.05) is 0 Å². The number of hydrogen-bond acceptors (Lipinski definition) is 4. The standard InChI is InChI=1S/C22H18FN3O3/c1-15(27)25-18-7-2-16(3-8-18)4-12-21(28)26-19-9-13-22(24-14-19)29-20-10-5-17(23)6-11-20/h2-14H,1H3,(H,25,27)(H,26,28)/b12-4+. The highest BCUT2D eigenvalue weighted by molar-refractivity contribution is 6.01. The summed E-state index contributed by atoms with van der Waals surface area (Å²) in [5.41, 5.74) is 2.01. The Kier molecular flexibility index (Phi) is 6.32. The fourth-order valence-corrected chi connectivity index (χ4v) is 2.37. The van der Waals surface area contributed by atoms with Gasteiger partial charge in [-0.15, -0.1) is 0 Å². The summed E-state index contributed by atoms with van der Waals surface area (Å²) >= 11 is 0. The van der Waals surface area contributed by atoms with Crippen LogP contribution in [0.25, 0.3) is 6.08 Å². The van der Waals surface area contributed by atoms with Crippen molar-refractivity contribution in [3.05, 3.63) is 84.3 Å². The molecule has 0 unspecified atom stereocenters. The molecule has 0 saturated carbocycles.